The number of nitrogens with one attached hydrogen (secondary N) is 1. The van der Waals surface area contributed by atoms with Gasteiger partial charge in [0.1, 0.15) is 17.1 Å². The molecule has 0 spiro atoms. The molecular weight excluding hydrogens is 520 g/mol. The Labute approximate surface area is 199 Å². The van der Waals surface area contributed by atoms with Gasteiger partial charge in [0.2, 0.25) is 0 Å². The van der Waals surface area contributed by atoms with Crippen molar-refractivity contribution in [3.05, 3.63) is 65.9 Å². The maximum atomic E-state index is 13.2. The van der Waals surface area contributed by atoms with Crippen LogP contribution in [0.1, 0.15) is 16.1 Å². The second-order valence-corrected chi connectivity index (χ2v) is 9.09. The predicted molar refractivity (Wildman–Crippen MR) is 113 cm³/mol. The van der Waals surface area contributed by atoms with Gasteiger partial charge in [-0.3, -0.25) is 4.79 Å². The molecule has 1 N–H and O–H groups in total. The number of nitrogens with zero attached hydrogens (tertiary/aromatic N) is 2. The molecule has 0 saturated carbocycles. The van der Waals surface area contributed by atoms with Crippen LogP contribution in [0.25, 0.3) is 0 Å². The Morgan fingerprint density at radius 2 is 1.61 bits per heavy atom. The molecule has 1 amide bonds. The number of hydrogen-bond acceptors (Lipinski definition) is 7. The van der Waals surface area contributed by atoms with Crippen molar-refractivity contribution in [2.45, 2.75) is 23.9 Å². The maximum absolute atomic E-state index is 13.2. The van der Waals surface area contributed by atoms with Gasteiger partial charge in [0.05, 0.1) is 4.90 Å². The highest BCUT2D eigenvalue weighted by atomic mass is 32.2. The molecule has 1 heterocycles. The molecule has 0 fully saturated rings. The van der Waals surface area contributed by atoms with Crippen LogP contribution in [0.15, 0.2) is 59.5 Å². The molecular formula is C21H15F6N3O5S. The molecule has 8 nitrogen and oxygen atoms in total. The molecule has 3 rings (SSSR count). The Bertz CT molecular complexity index is 1350. The summed E-state index contributed by atoms with van der Waals surface area (Å²) in [6.07, 6.45) is -10.3. The summed E-state index contributed by atoms with van der Waals surface area (Å²) >= 11 is 0. The Morgan fingerprint density at radius 3 is 2.19 bits per heavy atom. The summed E-state index contributed by atoms with van der Waals surface area (Å²) in [5, 5.41) is 8.58. The molecule has 36 heavy (non-hydrogen) atoms. The first kappa shape index (κ1) is 26.7. The molecule has 0 aliphatic heterocycles. The van der Waals surface area contributed by atoms with Crippen LogP contribution in [0.2, 0.25) is 0 Å². The van der Waals surface area contributed by atoms with Crippen molar-refractivity contribution in [1.82, 2.24) is 10.2 Å². The van der Waals surface area contributed by atoms with Crippen molar-refractivity contribution < 1.29 is 49.0 Å². The van der Waals surface area contributed by atoms with Gasteiger partial charge in [0, 0.05) is 11.9 Å². The molecule has 1 atom stereocenters. The number of anilines is 1. The third-order valence-corrected chi connectivity index (χ3v) is 5.41. The van der Waals surface area contributed by atoms with Crippen molar-refractivity contribution in [3.63, 3.8) is 0 Å². The number of carbonyl (C=O) groups excluding carboxylic acids is 1. The molecule has 0 aliphatic carbocycles. The van der Waals surface area contributed by atoms with Gasteiger partial charge in [-0.15, -0.1) is 10.2 Å². The third-order valence-electron chi connectivity index (χ3n) is 4.30. The molecule has 0 saturated heterocycles. The lowest BCUT2D eigenvalue weighted by Crippen LogP contribution is -2.19. The summed E-state index contributed by atoms with van der Waals surface area (Å²) in [6, 6.07) is 9.65. The smallest absolute Gasteiger partial charge is 0.435 e. The minimum Gasteiger partial charge on any atom is -0.454 e. The van der Waals surface area contributed by atoms with Gasteiger partial charge in [-0.25, -0.2) is 17.2 Å². The Morgan fingerprint density at radius 1 is 0.972 bits per heavy atom. The van der Waals surface area contributed by atoms with Crippen LogP contribution >= 0.6 is 0 Å². The van der Waals surface area contributed by atoms with E-state index in [0.717, 1.165) is 36.6 Å². The zero-order valence-electron chi connectivity index (χ0n) is 18.0. The van der Waals surface area contributed by atoms with Crippen LogP contribution in [-0.4, -0.2) is 43.6 Å². The topological polar surface area (TPSA) is 107 Å². The highest BCUT2D eigenvalue weighted by Gasteiger charge is 2.35. The van der Waals surface area contributed by atoms with Crippen LogP contribution < -0.4 is 14.8 Å². The standard InChI is InChI=1S/C21H15F6N3O5S/c1-36(32,33)14-4-2-3-11(9-14)28-19(31)15-10-16(21(25,26)27)29-30-20(15)35-13-7-5-12(6-8-13)34-18(24)17(22)23/h2-10,17-18H,1H3,(H,28,31). The number of rotatable bonds is 8. The lowest BCUT2D eigenvalue weighted by molar-refractivity contribution is -0.141. The zero-order chi connectivity index (χ0) is 26.7. The number of ether oxygens (including phenoxy) is 2. The summed E-state index contributed by atoms with van der Waals surface area (Å²) in [6.45, 7) is 0. The van der Waals surface area contributed by atoms with E-state index in [4.69, 9.17) is 4.74 Å². The minimum atomic E-state index is -4.96. The molecule has 1 unspecified atom stereocenters. The number of sulfone groups is 1. The highest BCUT2D eigenvalue weighted by molar-refractivity contribution is 7.90. The van der Waals surface area contributed by atoms with Gasteiger partial charge in [0.15, 0.2) is 15.5 Å². The average molecular weight is 535 g/mol. The van der Waals surface area contributed by atoms with Crippen LogP contribution in [0.3, 0.4) is 0 Å². The van der Waals surface area contributed by atoms with Crippen LogP contribution in [-0.2, 0) is 16.0 Å². The van der Waals surface area contributed by atoms with Crippen LogP contribution in [0.4, 0.5) is 32.0 Å². The second kappa shape index (κ2) is 10.4. The number of aromatic nitrogens is 2. The van der Waals surface area contributed by atoms with Crippen LogP contribution in [0.5, 0.6) is 17.4 Å². The monoisotopic (exact) mass is 535 g/mol. The number of alkyl halides is 6. The van der Waals surface area contributed by atoms with E-state index in [1.807, 2.05) is 0 Å². The van der Waals surface area contributed by atoms with Gasteiger partial charge in [-0.05, 0) is 48.5 Å². The van der Waals surface area contributed by atoms with E-state index in [1.165, 1.54) is 18.2 Å². The van der Waals surface area contributed by atoms with Crippen molar-refractivity contribution in [3.8, 4) is 17.4 Å². The zero-order valence-corrected chi connectivity index (χ0v) is 18.8. The largest absolute Gasteiger partial charge is 0.454 e. The van der Waals surface area contributed by atoms with Crippen molar-refractivity contribution in [2.24, 2.45) is 0 Å². The summed E-state index contributed by atoms with van der Waals surface area (Å²) in [5.41, 5.74) is -2.25. The number of benzene rings is 2. The van der Waals surface area contributed by atoms with E-state index in [1.54, 1.807) is 0 Å². The van der Waals surface area contributed by atoms with E-state index >= 15 is 0 Å². The lowest BCUT2D eigenvalue weighted by atomic mass is 10.2. The molecule has 15 heteroatoms. The lowest BCUT2D eigenvalue weighted by Gasteiger charge is -2.14. The molecule has 0 bridgehead atoms. The first-order valence-electron chi connectivity index (χ1n) is 9.67. The van der Waals surface area contributed by atoms with E-state index < -0.39 is 51.8 Å². The fourth-order valence-corrected chi connectivity index (χ4v) is 3.31. The van der Waals surface area contributed by atoms with Gasteiger partial charge in [-0.1, -0.05) is 6.07 Å². The summed E-state index contributed by atoms with van der Waals surface area (Å²) < 4.78 is 110. The summed E-state index contributed by atoms with van der Waals surface area (Å²) in [7, 11) is -3.64. The predicted octanol–water partition coefficient (Wildman–Crippen LogP) is 4.88. The maximum Gasteiger partial charge on any atom is 0.435 e. The normalized spacial score (nSPS) is 12.8. The Kier molecular flexibility index (Phi) is 7.71. The minimum absolute atomic E-state index is 0.0412. The highest BCUT2D eigenvalue weighted by Crippen LogP contribution is 2.32. The van der Waals surface area contributed by atoms with Gasteiger partial charge in [0.25, 0.3) is 18.1 Å². The number of hydrogen-bond donors (Lipinski definition) is 1. The SMILES string of the molecule is CS(=O)(=O)c1cccc(NC(=O)c2cc(C(F)(F)F)nnc2Oc2ccc(OC(F)C(F)F)cc2)c1. The molecule has 192 valence electrons. The van der Waals surface area contributed by atoms with Gasteiger partial charge >= 0.3 is 12.6 Å². The van der Waals surface area contributed by atoms with E-state index in [9.17, 15) is 39.6 Å². The molecule has 2 aromatic carbocycles. The molecule has 0 aliphatic rings. The molecule has 3 aromatic rings. The van der Waals surface area contributed by atoms with E-state index in [2.05, 4.69) is 20.3 Å². The van der Waals surface area contributed by atoms with Crippen molar-refractivity contribution in [2.75, 3.05) is 11.6 Å². The average Bonchev–Trinajstić information content (AvgIpc) is 2.79. The van der Waals surface area contributed by atoms with Crippen molar-refractivity contribution in [1.29, 1.82) is 0 Å². The molecule has 0 radical (unpaired) electrons. The Hall–Kier alpha value is -3.88. The van der Waals surface area contributed by atoms with Crippen LogP contribution in [0, 0.1) is 0 Å². The fourth-order valence-electron chi connectivity index (χ4n) is 2.64. The first-order chi connectivity index (χ1) is 16.7. The number of carbonyl (C=O) groups is 1. The quantitative estimate of drug-likeness (QED) is 0.410. The number of amides is 1. The van der Waals surface area contributed by atoms with E-state index in [-0.39, 0.29) is 22.1 Å². The summed E-state index contributed by atoms with van der Waals surface area (Å²) in [5.74, 6) is -2.22. The number of halogens is 6. The van der Waals surface area contributed by atoms with Gasteiger partial charge in [-0.2, -0.15) is 17.6 Å². The van der Waals surface area contributed by atoms with E-state index in [0.29, 0.717) is 6.07 Å². The summed E-state index contributed by atoms with van der Waals surface area (Å²) in [4.78, 5) is 12.6. The second-order valence-electron chi connectivity index (χ2n) is 7.08. The fraction of sp³-hybridized carbons (Fsp3) is 0.190. The molecule has 1 aromatic heterocycles. The van der Waals surface area contributed by atoms with Crippen molar-refractivity contribution >= 4 is 21.4 Å². The third kappa shape index (κ3) is 6.84. The Balaban J connectivity index is 1.90. The first-order valence-corrected chi connectivity index (χ1v) is 11.6. The van der Waals surface area contributed by atoms with Gasteiger partial charge < -0.3 is 14.8 Å².